The Labute approximate surface area is 133 Å². The van der Waals surface area contributed by atoms with Gasteiger partial charge in [0.25, 0.3) is 0 Å². The highest BCUT2D eigenvalue weighted by atomic mass is 32.1. The molecule has 0 unspecified atom stereocenters. The van der Waals surface area contributed by atoms with Crippen LogP contribution in [0.1, 0.15) is 43.5 Å². The van der Waals surface area contributed by atoms with Gasteiger partial charge in [-0.05, 0) is 64.8 Å². The molecule has 0 bridgehead atoms. The van der Waals surface area contributed by atoms with Crippen molar-refractivity contribution in [3.05, 3.63) is 22.9 Å². The summed E-state index contributed by atoms with van der Waals surface area (Å²) in [5.41, 5.74) is 9.25. The van der Waals surface area contributed by atoms with E-state index < -0.39 is 0 Å². The monoisotopic (exact) mass is 306 g/mol. The van der Waals surface area contributed by atoms with E-state index >= 15 is 0 Å². The third-order valence-electron chi connectivity index (χ3n) is 4.18. The Hall–Kier alpha value is -1.20. The lowest BCUT2D eigenvalue weighted by molar-refractivity contribution is 0.273. The third-order valence-corrected chi connectivity index (χ3v) is 4.40. The normalized spacial score (nSPS) is 13.8. The van der Waals surface area contributed by atoms with Crippen LogP contribution in [-0.4, -0.2) is 41.1 Å². The molecule has 1 heterocycles. The summed E-state index contributed by atoms with van der Waals surface area (Å²) in [7, 11) is 2.15. The van der Waals surface area contributed by atoms with Crippen LogP contribution in [0.3, 0.4) is 0 Å². The van der Waals surface area contributed by atoms with Crippen molar-refractivity contribution < 1.29 is 0 Å². The zero-order valence-corrected chi connectivity index (χ0v) is 14.1. The number of nitrogens with one attached hydrogen (secondary N) is 1. The van der Waals surface area contributed by atoms with Crippen molar-refractivity contribution in [3.63, 3.8) is 0 Å². The van der Waals surface area contributed by atoms with Gasteiger partial charge in [-0.15, -0.1) is 0 Å². The van der Waals surface area contributed by atoms with Gasteiger partial charge in [-0.2, -0.15) is 0 Å². The second-order valence-electron chi connectivity index (χ2n) is 6.06. The fourth-order valence-electron chi connectivity index (χ4n) is 2.59. The number of pyridine rings is 1. The molecular formula is C16H26N4S. The fraction of sp³-hybridized carbons (Fsp3) is 0.625. The van der Waals surface area contributed by atoms with Gasteiger partial charge >= 0.3 is 0 Å². The van der Waals surface area contributed by atoms with Crippen LogP contribution in [0.15, 0.2) is 6.07 Å². The molecule has 5 heteroatoms. The first-order chi connectivity index (χ1) is 9.99. The summed E-state index contributed by atoms with van der Waals surface area (Å²) in [6.07, 6.45) is 4.42. The van der Waals surface area contributed by atoms with Gasteiger partial charge in [0, 0.05) is 18.3 Å². The summed E-state index contributed by atoms with van der Waals surface area (Å²) in [4.78, 5) is 7.50. The molecule has 4 nitrogen and oxygen atoms in total. The van der Waals surface area contributed by atoms with Gasteiger partial charge in [0.15, 0.2) is 0 Å². The van der Waals surface area contributed by atoms with Gasteiger partial charge in [0.2, 0.25) is 0 Å². The van der Waals surface area contributed by atoms with Crippen molar-refractivity contribution >= 4 is 23.0 Å². The van der Waals surface area contributed by atoms with E-state index in [1.807, 2.05) is 0 Å². The number of aromatic nitrogens is 1. The van der Waals surface area contributed by atoms with E-state index in [2.05, 4.69) is 37.2 Å². The van der Waals surface area contributed by atoms with Crippen LogP contribution in [0.5, 0.6) is 0 Å². The molecule has 3 N–H and O–H groups in total. The summed E-state index contributed by atoms with van der Waals surface area (Å²) in [6.45, 7) is 6.37. The van der Waals surface area contributed by atoms with E-state index in [-0.39, 0.29) is 0 Å². The van der Waals surface area contributed by atoms with Crippen molar-refractivity contribution in [2.75, 3.05) is 25.5 Å². The number of fused-ring (bicyclic) bond motifs is 1. The van der Waals surface area contributed by atoms with E-state index in [4.69, 9.17) is 22.9 Å². The van der Waals surface area contributed by atoms with E-state index in [0.29, 0.717) is 11.0 Å². The molecule has 116 valence electrons. The summed E-state index contributed by atoms with van der Waals surface area (Å²) in [6, 6.07) is 2.70. The van der Waals surface area contributed by atoms with Crippen molar-refractivity contribution in [2.24, 2.45) is 5.73 Å². The first-order valence-corrected chi connectivity index (χ1v) is 8.16. The third kappa shape index (κ3) is 4.14. The Morgan fingerprint density at radius 2 is 2.24 bits per heavy atom. The van der Waals surface area contributed by atoms with Gasteiger partial charge in [-0.1, -0.05) is 12.2 Å². The van der Waals surface area contributed by atoms with Gasteiger partial charge in [-0.25, -0.2) is 4.98 Å². The largest absolute Gasteiger partial charge is 0.389 e. The van der Waals surface area contributed by atoms with Crippen LogP contribution in [0.2, 0.25) is 0 Å². The van der Waals surface area contributed by atoms with Crippen LogP contribution >= 0.6 is 12.2 Å². The molecule has 1 aliphatic rings. The first kappa shape index (κ1) is 16.2. The molecule has 0 aromatic carbocycles. The number of anilines is 1. The molecule has 0 amide bonds. The van der Waals surface area contributed by atoms with Crippen LogP contribution in [-0.2, 0) is 12.8 Å². The molecule has 2 rings (SSSR count). The lowest BCUT2D eigenvalue weighted by Gasteiger charge is -2.21. The zero-order valence-electron chi connectivity index (χ0n) is 13.3. The standard InChI is InChI=1S/C16H26N4S/c1-11(2)20(3)9-5-8-18-16-13(15(17)21)10-12-6-4-7-14(12)19-16/h10-11H,4-9H2,1-3H3,(H2,17,21)(H,18,19). The number of thiocarbonyl (C=S) groups is 1. The molecule has 0 radical (unpaired) electrons. The maximum Gasteiger partial charge on any atom is 0.136 e. The molecule has 0 saturated heterocycles. The van der Waals surface area contributed by atoms with Crippen molar-refractivity contribution in [1.29, 1.82) is 0 Å². The predicted molar refractivity (Wildman–Crippen MR) is 93.0 cm³/mol. The first-order valence-electron chi connectivity index (χ1n) is 7.75. The number of nitrogens with two attached hydrogens (primary N) is 1. The van der Waals surface area contributed by atoms with Gasteiger partial charge in [0.1, 0.15) is 10.8 Å². The van der Waals surface area contributed by atoms with Crippen molar-refractivity contribution in [2.45, 2.75) is 45.6 Å². The Balaban J connectivity index is 1.98. The highest BCUT2D eigenvalue weighted by Crippen LogP contribution is 2.25. The minimum absolute atomic E-state index is 0.430. The lowest BCUT2D eigenvalue weighted by Crippen LogP contribution is -2.28. The Bertz CT molecular complexity index is 513. The topological polar surface area (TPSA) is 54.2 Å². The average molecular weight is 306 g/mol. The van der Waals surface area contributed by atoms with Crippen LogP contribution in [0.4, 0.5) is 5.82 Å². The number of hydrogen-bond acceptors (Lipinski definition) is 4. The molecule has 21 heavy (non-hydrogen) atoms. The maximum absolute atomic E-state index is 5.84. The summed E-state index contributed by atoms with van der Waals surface area (Å²) in [5, 5.41) is 3.41. The zero-order chi connectivity index (χ0) is 15.4. The van der Waals surface area contributed by atoms with Crippen LogP contribution in [0.25, 0.3) is 0 Å². The molecule has 0 aliphatic heterocycles. The van der Waals surface area contributed by atoms with E-state index in [1.54, 1.807) is 0 Å². The number of hydrogen-bond donors (Lipinski definition) is 2. The SMILES string of the molecule is CC(C)N(C)CCCNc1nc2c(cc1C(N)=S)CCC2. The van der Waals surface area contributed by atoms with E-state index in [9.17, 15) is 0 Å². The molecule has 1 aliphatic carbocycles. The maximum atomic E-state index is 5.84. The van der Waals surface area contributed by atoms with Crippen molar-refractivity contribution in [3.8, 4) is 0 Å². The molecular weight excluding hydrogens is 280 g/mol. The molecule has 0 atom stereocenters. The van der Waals surface area contributed by atoms with Crippen molar-refractivity contribution in [1.82, 2.24) is 9.88 Å². The summed E-state index contributed by atoms with van der Waals surface area (Å²) in [5.74, 6) is 0.857. The molecule has 0 spiro atoms. The summed E-state index contributed by atoms with van der Waals surface area (Å²) < 4.78 is 0. The second kappa shape index (κ2) is 7.18. The number of nitrogens with zero attached hydrogens (tertiary/aromatic N) is 2. The van der Waals surface area contributed by atoms with Gasteiger partial charge in [0.05, 0.1) is 5.56 Å². The highest BCUT2D eigenvalue weighted by Gasteiger charge is 2.17. The fourth-order valence-corrected chi connectivity index (χ4v) is 2.74. The minimum Gasteiger partial charge on any atom is -0.389 e. The highest BCUT2D eigenvalue weighted by molar-refractivity contribution is 7.80. The predicted octanol–water partition coefficient (Wildman–Crippen LogP) is 2.35. The smallest absolute Gasteiger partial charge is 0.136 e. The van der Waals surface area contributed by atoms with E-state index in [1.165, 1.54) is 17.7 Å². The van der Waals surface area contributed by atoms with Gasteiger partial charge < -0.3 is 16.0 Å². The quantitative estimate of drug-likeness (QED) is 0.598. The second-order valence-corrected chi connectivity index (χ2v) is 6.50. The minimum atomic E-state index is 0.430. The molecule has 1 aromatic rings. The molecule has 0 fully saturated rings. The van der Waals surface area contributed by atoms with E-state index in [0.717, 1.165) is 43.7 Å². The average Bonchev–Trinajstić information content (AvgIpc) is 2.89. The number of aryl methyl sites for hydroxylation is 2. The van der Waals surface area contributed by atoms with Gasteiger partial charge in [-0.3, -0.25) is 0 Å². The Kier molecular flexibility index (Phi) is 5.53. The number of rotatable bonds is 7. The molecule has 0 saturated carbocycles. The Morgan fingerprint density at radius 3 is 2.90 bits per heavy atom. The molecule has 1 aromatic heterocycles. The van der Waals surface area contributed by atoms with Crippen LogP contribution < -0.4 is 11.1 Å². The summed E-state index contributed by atoms with van der Waals surface area (Å²) >= 11 is 5.16. The lowest BCUT2D eigenvalue weighted by atomic mass is 10.1. The van der Waals surface area contributed by atoms with Crippen LogP contribution in [0, 0.1) is 0 Å². The Morgan fingerprint density at radius 1 is 1.48 bits per heavy atom.